The number of rotatable bonds is 2. The zero-order valence-electron chi connectivity index (χ0n) is 9.32. The highest BCUT2D eigenvalue weighted by Gasteiger charge is 2.48. The van der Waals surface area contributed by atoms with Crippen molar-refractivity contribution in [2.45, 2.75) is 23.5 Å². The molecule has 1 saturated heterocycles. The summed E-state index contributed by atoms with van der Waals surface area (Å²) >= 11 is 3.20. The number of alkyl halides is 4. The molecule has 2 unspecified atom stereocenters. The summed E-state index contributed by atoms with van der Waals surface area (Å²) in [5.74, 6) is -0.469. The van der Waals surface area contributed by atoms with Gasteiger partial charge in [0.1, 0.15) is 0 Å². The lowest BCUT2D eigenvalue weighted by Gasteiger charge is -2.30. The molecule has 1 aromatic carbocycles. The van der Waals surface area contributed by atoms with Crippen LogP contribution in [-0.2, 0) is 4.79 Å². The van der Waals surface area contributed by atoms with E-state index in [-0.39, 0.29) is 23.4 Å². The summed E-state index contributed by atoms with van der Waals surface area (Å²) in [6.45, 7) is 0.0813. The molecular formula is C12H11BrF3NO. The third-order valence-corrected chi connectivity index (χ3v) is 3.46. The zero-order valence-corrected chi connectivity index (χ0v) is 10.9. The van der Waals surface area contributed by atoms with Crippen molar-refractivity contribution in [3.05, 3.63) is 35.9 Å². The van der Waals surface area contributed by atoms with Gasteiger partial charge < -0.3 is 4.90 Å². The summed E-state index contributed by atoms with van der Waals surface area (Å²) in [6, 6.07) is 5.67. The fourth-order valence-corrected chi connectivity index (χ4v) is 2.71. The second-order valence-corrected chi connectivity index (χ2v) is 5.50. The molecule has 0 aromatic heterocycles. The lowest BCUT2D eigenvalue weighted by molar-refractivity contribution is -0.188. The Balaban J connectivity index is 2.36. The van der Waals surface area contributed by atoms with Crippen molar-refractivity contribution >= 4 is 21.8 Å². The molecule has 0 saturated carbocycles. The van der Waals surface area contributed by atoms with Gasteiger partial charge in [-0.3, -0.25) is 4.79 Å². The van der Waals surface area contributed by atoms with Gasteiger partial charge in [-0.1, -0.05) is 46.3 Å². The second-order valence-electron chi connectivity index (χ2n) is 4.20. The summed E-state index contributed by atoms with van der Waals surface area (Å²) in [5, 5.41) is 0. The Morgan fingerprint density at radius 1 is 1.28 bits per heavy atom. The smallest absolute Gasteiger partial charge is 0.326 e. The number of benzene rings is 1. The molecule has 0 bridgehead atoms. The van der Waals surface area contributed by atoms with E-state index in [1.165, 1.54) is 12.1 Å². The molecule has 0 N–H and O–H groups in total. The van der Waals surface area contributed by atoms with E-state index in [9.17, 15) is 18.0 Å². The normalized spacial score (nSPS) is 22.3. The lowest BCUT2D eigenvalue weighted by atomic mass is 10.1. The minimum Gasteiger partial charge on any atom is -0.326 e. The van der Waals surface area contributed by atoms with E-state index in [1.54, 1.807) is 18.2 Å². The van der Waals surface area contributed by atoms with Gasteiger partial charge >= 0.3 is 6.18 Å². The van der Waals surface area contributed by atoms with E-state index in [4.69, 9.17) is 0 Å². The highest BCUT2D eigenvalue weighted by atomic mass is 79.9. The summed E-state index contributed by atoms with van der Waals surface area (Å²) in [4.78, 5) is 12.3. The molecule has 1 fully saturated rings. The number of halogens is 4. The zero-order chi connectivity index (χ0) is 13.3. The van der Waals surface area contributed by atoms with Crippen LogP contribution in [0, 0.1) is 0 Å². The van der Waals surface area contributed by atoms with Gasteiger partial charge in [-0.25, -0.2) is 0 Å². The van der Waals surface area contributed by atoms with E-state index in [0.717, 1.165) is 4.90 Å². The summed E-state index contributed by atoms with van der Waals surface area (Å²) in [7, 11) is 0. The van der Waals surface area contributed by atoms with Crippen molar-refractivity contribution in [3.8, 4) is 0 Å². The lowest BCUT2D eigenvalue weighted by Crippen LogP contribution is -2.39. The van der Waals surface area contributed by atoms with Crippen LogP contribution in [0.5, 0.6) is 0 Å². The van der Waals surface area contributed by atoms with Crippen molar-refractivity contribution in [1.29, 1.82) is 0 Å². The predicted octanol–water partition coefficient (Wildman–Crippen LogP) is 3.29. The Bertz CT molecular complexity index is 435. The number of likely N-dealkylation sites (tertiary alicyclic amines) is 1. The van der Waals surface area contributed by atoms with Crippen molar-refractivity contribution < 1.29 is 18.0 Å². The largest absolute Gasteiger partial charge is 0.413 e. The van der Waals surface area contributed by atoms with Crippen molar-refractivity contribution in [3.63, 3.8) is 0 Å². The SMILES string of the molecule is O=C1CC(Br)CN1C(c1ccccc1)C(F)(F)F. The monoisotopic (exact) mass is 321 g/mol. The Morgan fingerprint density at radius 2 is 1.89 bits per heavy atom. The van der Waals surface area contributed by atoms with Crippen LogP contribution in [0.25, 0.3) is 0 Å². The molecule has 0 spiro atoms. The Labute approximate surface area is 111 Å². The molecule has 2 rings (SSSR count). The Hall–Kier alpha value is -1.04. The van der Waals surface area contributed by atoms with Crippen molar-refractivity contribution in [2.24, 2.45) is 0 Å². The molecule has 0 radical (unpaired) electrons. The van der Waals surface area contributed by atoms with Crippen LogP contribution in [-0.4, -0.2) is 28.4 Å². The molecule has 18 heavy (non-hydrogen) atoms. The number of nitrogens with zero attached hydrogens (tertiary/aromatic N) is 1. The highest BCUT2D eigenvalue weighted by Crippen LogP contribution is 2.40. The molecule has 2 nitrogen and oxygen atoms in total. The predicted molar refractivity (Wildman–Crippen MR) is 64.3 cm³/mol. The molecule has 2 atom stereocenters. The third kappa shape index (κ3) is 2.68. The summed E-state index contributed by atoms with van der Waals surface area (Å²) in [6.07, 6.45) is -4.35. The van der Waals surface area contributed by atoms with E-state index in [2.05, 4.69) is 15.9 Å². The van der Waals surface area contributed by atoms with Crippen LogP contribution >= 0.6 is 15.9 Å². The number of hydrogen-bond donors (Lipinski definition) is 0. The van der Waals surface area contributed by atoms with Gasteiger partial charge in [0.05, 0.1) is 0 Å². The van der Waals surface area contributed by atoms with E-state index in [1.807, 2.05) is 0 Å². The minimum atomic E-state index is -4.46. The van der Waals surface area contributed by atoms with Crippen LogP contribution in [0.4, 0.5) is 13.2 Å². The summed E-state index contributed by atoms with van der Waals surface area (Å²) in [5.41, 5.74) is 0.0972. The fraction of sp³-hybridized carbons (Fsp3) is 0.417. The maximum atomic E-state index is 13.1. The van der Waals surface area contributed by atoms with Gasteiger partial charge in [0.2, 0.25) is 5.91 Å². The van der Waals surface area contributed by atoms with Crippen LogP contribution in [0.15, 0.2) is 30.3 Å². The van der Waals surface area contributed by atoms with Crippen LogP contribution in [0.1, 0.15) is 18.0 Å². The first-order valence-corrected chi connectivity index (χ1v) is 6.36. The van der Waals surface area contributed by atoms with Crippen LogP contribution in [0.2, 0.25) is 0 Å². The number of hydrogen-bond acceptors (Lipinski definition) is 1. The maximum Gasteiger partial charge on any atom is 0.413 e. The molecule has 6 heteroatoms. The molecule has 1 aromatic rings. The quantitative estimate of drug-likeness (QED) is 0.765. The van der Waals surface area contributed by atoms with Gasteiger partial charge in [0, 0.05) is 17.8 Å². The molecule has 0 aliphatic carbocycles. The molecule has 1 aliphatic heterocycles. The average Bonchev–Trinajstić information content (AvgIpc) is 2.58. The first-order chi connectivity index (χ1) is 8.39. The number of carbonyl (C=O) groups excluding carboxylic acids is 1. The van der Waals surface area contributed by atoms with Gasteiger partial charge in [-0.15, -0.1) is 0 Å². The minimum absolute atomic E-state index is 0.0813. The first kappa shape index (κ1) is 13.4. The summed E-state index contributed by atoms with van der Waals surface area (Å²) < 4.78 is 39.4. The Morgan fingerprint density at radius 3 is 2.33 bits per heavy atom. The van der Waals surface area contributed by atoms with Crippen molar-refractivity contribution in [1.82, 2.24) is 4.90 Å². The van der Waals surface area contributed by atoms with Crippen molar-refractivity contribution in [2.75, 3.05) is 6.54 Å². The van der Waals surface area contributed by atoms with Crippen LogP contribution < -0.4 is 0 Å². The molecule has 1 amide bonds. The van der Waals surface area contributed by atoms with E-state index < -0.39 is 18.1 Å². The Kier molecular flexibility index (Phi) is 3.66. The molecule has 98 valence electrons. The second kappa shape index (κ2) is 4.91. The average molecular weight is 322 g/mol. The van der Waals surface area contributed by atoms with E-state index in [0.29, 0.717) is 0 Å². The van der Waals surface area contributed by atoms with Gasteiger partial charge in [0.15, 0.2) is 6.04 Å². The van der Waals surface area contributed by atoms with Gasteiger partial charge in [0.25, 0.3) is 0 Å². The number of amides is 1. The topological polar surface area (TPSA) is 20.3 Å². The standard InChI is InChI=1S/C12H11BrF3NO/c13-9-6-10(18)17(7-9)11(12(14,15)16)8-4-2-1-3-5-8/h1-5,9,11H,6-7H2. The number of carbonyl (C=O) groups is 1. The van der Waals surface area contributed by atoms with Crippen LogP contribution in [0.3, 0.4) is 0 Å². The molecular weight excluding hydrogens is 311 g/mol. The molecule has 1 aliphatic rings. The van der Waals surface area contributed by atoms with E-state index >= 15 is 0 Å². The fourth-order valence-electron chi connectivity index (χ4n) is 2.12. The maximum absolute atomic E-state index is 13.1. The van der Waals surface area contributed by atoms with Gasteiger partial charge in [-0.2, -0.15) is 13.2 Å². The third-order valence-electron chi connectivity index (χ3n) is 2.85. The van der Waals surface area contributed by atoms with Gasteiger partial charge in [-0.05, 0) is 5.56 Å². The first-order valence-electron chi connectivity index (χ1n) is 5.45. The molecule has 1 heterocycles. The highest BCUT2D eigenvalue weighted by molar-refractivity contribution is 9.09.